The number of piperazine rings is 1. The number of carbonyl (C=O) groups is 1. The molecule has 1 amide bonds. The van der Waals surface area contributed by atoms with E-state index in [1.165, 1.54) is 0 Å². The zero-order chi connectivity index (χ0) is 17.6. The summed E-state index contributed by atoms with van der Waals surface area (Å²) in [7, 11) is -3.21. The van der Waals surface area contributed by atoms with Crippen molar-refractivity contribution in [3.05, 3.63) is 53.4 Å². The van der Waals surface area contributed by atoms with Crippen LogP contribution in [-0.4, -0.2) is 49.4 Å². The monoisotopic (exact) mass is 380 g/mol. The first kappa shape index (κ1) is 16.6. The smallest absolute Gasteiger partial charge is 0.241 e. The van der Waals surface area contributed by atoms with Crippen LogP contribution in [-0.2, 0) is 21.2 Å². The molecule has 0 spiro atoms. The molecule has 3 heterocycles. The number of hydrogen-bond acceptors (Lipinski definition) is 5. The van der Waals surface area contributed by atoms with Gasteiger partial charge < -0.3 is 9.32 Å². The normalized spacial score (nSPS) is 26.0. The minimum atomic E-state index is -3.21. The van der Waals surface area contributed by atoms with Crippen LogP contribution in [0.3, 0.4) is 0 Å². The molecule has 0 radical (unpaired) electrons. The third-order valence-corrected chi connectivity index (χ3v) is 6.70. The van der Waals surface area contributed by atoms with Gasteiger partial charge in [0, 0.05) is 16.8 Å². The van der Waals surface area contributed by atoms with Gasteiger partial charge in [0.2, 0.25) is 5.91 Å². The zero-order valence-corrected chi connectivity index (χ0v) is 14.9. The highest BCUT2D eigenvalue weighted by atomic mass is 35.5. The fraction of sp³-hybridized carbons (Fsp3) is 0.353. The Morgan fingerprint density at radius 1 is 1.12 bits per heavy atom. The van der Waals surface area contributed by atoms with Gasteiger partial charge in [-0.3, -0.25) is 9.69 Å². The molecule has 0 N–H and O–H groups in total. The van der Waals surface area contributed by atoms with Gasteiger partial charge in [0.15, 0.2) is 9.84 Å². The van der Waals surface area contributed by atoms with Crippen molar-refractivity contribution < 1.29 is 17.6 Å². The third-order valence-electron chi connectivity index (χ3n) is 4.75. The Hall–Kier alpha value is -1.83. The van der Waals surface area contributed by atoms with Crippen molar-refractivity contribution in [1.29, 1.82) is 0 Å². The quantitative estimate of drug-likeness (QED) is 0.813. The molecule has 2 saturated heterocycles. The van der Waals surface area contributed by atoms with Crippen LogP contribution >= 0.6 is 11.6 Å². The second kappa shape index (κ2) is 6.16. The number of furan rings is 1. The largest absolute Gasteiger partial charge is 0.468 e. The van der Waals surface area contributed by atoms with Crippen molar-refractivity contribution in [2.24, 2.45) is 0 Å². The van der Waals surface area contributed by atoms with Gasteiger partial charge in [-0.25, -0.2) is 8.42 Å². The van der Waals surface area contributed by atoms with E-state index in [0.717, 1.165) is 5.76 Å². The Labute approximate surface area is 150 Å². The van der Waals surface area contributed by atoms with Crippen molar-refractivity contribution in [3.8, 4) is 0 Å². The molecule has 2 fully saturated rings. The third kappa shape index (κ3) is 3.19. The summed E-state index contributed by atoms with van der Waals surface area (Å²) >= 11 is 5.93. The number of hydrogen-bond donors (Lipinski definition) is 0. The van der Waals surface area contributed by atoms with Gasteiger partial charge in [-0.1, -0.05) is 11.6 Å². The summed E-state index contributed by atoms with van der Waals surface area (Å²) < 4.78 is 29.9. The van der Waals surface area contributed by atoms with Crippen LogP contribution in [0.4, 0.5) is 5.69 Å². The maximum Gasteiger partial charge on any atom is 0.241 e. The van der Waals surface area contributed by atoms with Gasteiger partial charge in [-0.2, -0.15) is 0 Å². The molecule has 2 aliphatic heterocycles. The fourth-order valence-corrected chi connectivity index (χ4v) is 5.78. The maximum absolute atomic E-state index is 12.8. The molecule has 2 aromatic rings. The number of anilines is 1. The van der Waals surface area contributed by atoms with E-state index >= 15 is 0 Å². The number of nitrogens with zero attached hydrogens (tertiary/aromatic N) is 2. The molecule has 25 heavy (non-hydrogen) atoms. The van der Waals surface area contributed by atoms with E-state index in [9.17, 15) is 13.2 Å². The first-order valence-corrected chi connectivity index (χ1v) is 10.2. The Morgan fingerprint density at radius 2 is 1.84 bits per heavy atom. The van der Waals surface area contributed by atoms with Crippen LogP contribution in [0.25, 0.3) is 0 Å². The number of benzene rings is 1. The Bertz CT molecular complexity index is 880. The lowest BCUT2D eigenvalue weighted by molar-refractivity contribution is -0.123. The molecule has 1 aromatic carbocycles. The average molecular weight is 381 g/mol. The number of halogens is 1. The van der Waals surface area contributed by atoms with Gasteiger partial charge in [0.05, 0.1) is 36.9 Å². The molecule has 0 bridgehead atoms. The number of rotatable bonds is 3. The summed E-state index contributed by atoms with van der Waals surface area (Å²) in [6.07, 6.45) is 1.57. The molecule has 2 aliphatic rings. The number of amides is 1. The van der Waals surface area contributed by atoms with Crippen LogP contribution < -0.4 is 4.90 Å². The van der Waals surface area contributed by atoms with Crippen LogP contribution in [0.5, 0.6) is 0 Å². The van der Waals surface area contributed by atoms with E-state index in [2.05, 4.69) is 0 Å². The zero-order valence-electron chi connectivity index (χ0n) is 13.3. The highest BCUT2D eigenvalue weighted by molar-refractivity contribution is 7.91. The van der Waals surface area contributed by atoms with E-state index in [1.807, 2.05) is 11.0 Å². The Balaban J connectivity index is 1.68. The van der Waals surface area contributed by atoms with Gasteiger partial charge in [-0.15, -0.1) is 0 Å². The number of fused-ring (bicyclic) bond motifs is 1. The van der Waals surface area contributed by atoms with Crippen LogP contribution in [0, 0.1) is 0 Å². The van der Waals surface area contributed by atoms with E-state index in [-0.39, 0.29) is 30.0 Å². The topological polar surface area (TPSA) is 70.8 Å². The Morgan fingerprint density at radius 3 is 2.52 bits per heavy atom. The molecule has 6 nitrogen and oxygen atoms in total. The first-order chi connectivity index (χ1) is 11.9. The van der Waals surface area contributed by atoms with Crippen LogP contribution in [0.15, 0.2) is 47.1 Å². The standard InChI is InChI=1S/C17H17ClN2O4S/c18-12-3-5-13(6-4-12)20-16-11-25(22,23)10-15(16)19(9-17(20)21)8-14-2-1-7-24-14/h1-7,15-16H,8-11H2/t15-,16+/m1/s1. The van der Waals surface area contributed by atoms with E-state index in [1.54, 1.807) is 41.5 Å². The van der Waals surface area contributed by atoms with Gasteiger partial charge in [0.25, 0.3) is 0 Å². The predicted octanol–water partition coefficient (Wildman–Crippen LogP) is 1.95. The molecule has 132 valence electrons. The van der Waals surface area contributed by atoms with Crippen molar-refractivity contribution in [2.45, 2.75) is 18.6 Å². The average Bonchev–Trinajstić information content (AvgIpc) is 3.16. The van der Waals surface area contributed by atoms with Crippen LogP contribution in [0.2, 0.25) is 5.02 Å². The highest BCUT2D eigenvalue weighted by Crippen LogP contribution is 2.32. The highest BCUT2D eigenvalue weighted by Gasteiger charge is 2.49. The van der Waals surface area contributed by atoms with Crippen molar-refractivity contribution >= 4 is 33.0 Å². The second-order valence-electron chi connectivity index (χ2n) is 6.44. The van der Waals surface area contributed by atoms with Gasteiger partial charge >= 0.3 is 0 Å². The van der Waals surface area contributed by atoms with Crippen molar-refractivity contribution in [1.82, 2.24) is 4.90 Å². The Kier molecular flexibility index (Phi) is 4.10. The molecular formula is C17H17ClN2O4S. The molecule has 0 unspecified atom stereocenters. The van der Waals surface area contributed by atoms with Crippen molar-refractivity contribution in [2.75, 3.05) is 23.0 Å². The molecule has 2 atom stereocenters. The summed E-state index contributed by atoms with van der Waals surface area (Å²) in [4.78, 5) is 16.3. The second-order valence-corrected chi connectivity index (χ2v) is 9.03. The summed E-state index contributed by atoms with van der Waals surface area (Å²) in [5, 5.41) is 0.572. The molecule has 0 saturated carbocycles. The van der Waals surface area contributed by atoms with E-state index < -0.39 is 15.9 Å². The number of sulfone groups is 1. The fourth-order valence-electron chi connectivity index (χ4n) is 3.67. The molecule has 4 rings (SSSR count). The first-order valence-electron chi connectivity index (χ1n) is 7.97. The van der Waals surface area contributed by atoms with Gasteiger partial charge in [-0.05, 0) is 36.4 Å². The predicted molar refractivity (Wildman–Crippen MR) is 94.3 cm³/mol. The lowest BCUT2D eigenvalue weighted by atomic mass is 10.0. The van der Waals surface area contributed by atoms with Gasteiger partial charge in [0.1, 0.15) is 5.76 Å². The lowest BCUT2D eigenvalue weighted by Gasteiger charge is -2.43. The molecule has 1 aromatic heterocycles. The van der Waals surface area contributed by atoms with E-state index in [0.29, 0.717) is 17.3 Å². The molecule has 0 aliphatic carbocycles. The van der Waals surface area contributed by atoms with Crippen molar-refractivity contribution in [3.63, 3.8) is 0 Å². The van der Waals surface area contributed by atoms with E-state index in [4.69, 9.17) is 16.0 Å². The number of carbonyl (C=O) groups excluding carboxylic acids is 1. The molecule has 8 heteroatoms. The SMILES string of the molecule is O=C1CN(Cc2ccco2)[C@@H]2CS(=O)(=O)C[C@@H]2N1c1ccc(Cl)cc1. The summed E-state index contributed by atoms with van der Waals surface area (Å²) in [5.74, 6) is 0.624. The minimum absolute atomic E-state index is 0.0271. The summed E-state index contributed by atoms with van der Waals surface area (Å²) in [6.45, 7) is 0.573. The minimum Gasteiger partial charge on any atom is -0.468 e. The lowest BCUT2D eigenvalue weighted by Crippen LogP contribution is -2.61. The summed E-state index contributed by atoms with van der Waals surface area (Å²) in [6, 6.07) is 9.88. The maximum atomic E-state index is 12.8. The summed E-state index contributed by atoms with van der Waals surface area (Å²) in [5.41, 5.74) is 0.680. The van der Waals surface area contributed by atoms with Crippen LogP contribution in [0.1, 0.15) is 5.76 Å². The molecular weight excluding hydrogens is 364 g/mol.